The molecule has 1 nitrogen and oxygen atoms in total. The van der Waals surface area contributed by atoms with Crippen molar-refractivity contribution >= 4 is 0 Å². The van der Waals surface area contributed by atoms with Crippen molar-refractivity contribution in [1.82, 2.24) is 5.32 Å². The van der Waals surface area contributed by atoms with Crippen LogP contribution in [0.1, 0.15) is 26.7 Å². The van der Waals surface area contributed by atoms with Crippen molar-refractivity contribution in [3.8, 4) is 0 Å². The first kappa shape index (κ1) is 9.84. The van der Waals surface area contributed by atoms with Gasteiger partial charge in [-0.2, -0.15) is 13.2 Å². The van der Waals surface area contributed by atoms with Crippen LogP contribution in [0.2, 0.25) is 0 Å². The lowest BCUT2D eigenvalue weighted by Gasteiger charge is -2.45. The summed E-state index contributed by atoms with van der Waals surface area (Å²) in [5.41, 5.74) is 0.0469. The molecule has 0 heterocycles. The fourth-order valence-corrected chi connectivity index (χ4v) is 1.48. The van der Waals surface area contributed by atoms with E-state index in [1.807, 2.05) is 13.8 Å². The van der Waals surface area contributed by atoms with Crippen LogP contribution in [0, 0.1) is 5.41 Å². The molecular formula is C8H14F3N. The Bertz CT molecular complexity index is 162. The Morgan fingerprint density at radius 1 is 1.42 bits per heavy atom. The third-order valence-electron chi connectivity index (χ3n) is 2.57. The molecule has 12 heavy (non-hydrogen) atoms. The highest BCUT2D eigenvalue weighted by Crippen LogP contribution is 2.40. The molecule has 1 atom stereocenters. The Balaban J connectivity index is 2.25. The van der Waals surface area contributed by atoms with Gasteiger partial charge in [0.15, 0.2) is 0 Å². The van der Waals surface area contributed by atoms with E-state index in [2.05, 4.69) is 5.32 Å². The maximum Gasteiger partial charge on any atom is 0.401 e. The van der Waals surface area contributed by atoms with Crippen molar-refractivity contribution in [3.63, 3.8) is 0 Å². The Kier molecular flexibility index (Phi) is 2.38. The molecule has 0 aromatic carbocycles. The van der Waals surface area contributed by atoms with Crippen LogP contribution in [-0.4, -0.2) is 18.8 Å². The average molecular weight is 181 g/mol. The van der Waals surface area contributed by atoms with Crippen LogP contribution in [-0.2, 0) is 0 Å². The molecule has 1 aliphatic rings. The molecule has 1 N–H and O–H groups in total. The van der Waals surface area contributed by atoms with Crippen molar-refractivity contribution in [2.45, 2.75) is 38.9 Å². The van der Waals surface area contributed by atoms with Gasteiger partial charge in [-0.25, -0.2) is 0 Å². The van der Waals surface area contributed by atoms with Gasteiger partial charge in [0.25, 0.3) is 0 Å². The summed E-state index contributed by atoms with van der Waals surface area (Å²) >= 11 is 0. The Labute approximate surface area is 70.3 Å². The molecule has 0 radical (unpaired) electrons. The molecule has 0 amide bonds. The number of hydrogen-bond donors (Lipinski definition) is 1. The van der Waals surface area contributed by atoms with Gasteiger partial charge >= 0.3 is 6.18 Å². The van der Waals surface area contributed by atoms with Crippen LogP contribution in [0.25, 0.3) is 0 Å². The normalized spacial score (nSPS) is 28.2. The van der Waals surface area contributed by atoms with E-state index in [4.69, 9.17) is 0 Å². The zero-order valence-electron chi connectivity index (χ0n) is 7.33. The SMILES string of the molecule is CC1(C)CCC1NCC(F)(F)F. The van der Waals surface area contributed by atoms with E-state index in [1.165, 1.54) is 0 Å². The van der Waals surface area contributed by atoms with Crippen LogP contribution < -0.4 is 5.32 Å². The topological polar surface area (TPSA) is 12.0 Å². The first-order chi connectivity index (χ1) is 5.31. The Morgan fingerprint density at radius 3 is 2.25 bits per heavy atom. The standard InChI is InChI=1S/C8H14F3N/c1-7(2)4-3-6(7)12-5-8(9,10)11/h6,12H,3-5H2,1-2H3. The predicted molar refractivity (Wildman–Crippen MR) is 40.9 cm³/mol. The van der Waals surface area contributed by atoms with E-state index in [9.17, 15) is 13.2 Å². The molecule has 0 aliphatic heterocycles. The summed E-state index contributed by atoms with van der Waals surface area (Å²) in [7, 11) is 0. The lowest BCUT2D eigenvalue weighted by atomic mass is 9.67. The minimum Gasteiger partial charge on any atom is -0.305 e. The van der Waals surface area contributed by atoms with Crippen LogP contribution in [0.4, 0.5) is 13.2 Å². The number of alkyl halides is 3. The van der Waals surface area contributed by atoms with E-state index in [-0.39, 0.29) is 11.5 Å². The first-order valence-corrected chi connectivity index (χ1v) is 4.11. The Hall–Kier alpha value is -0.250. The quantitative estimate of drug-likeness (QED) is 0.689. The summed E-state index contributed by atoms with van der Waals surface area (Å²) < 4.78 is 35.3. The summed E-state index contributed by atoms with van der Waals surface area (Å²) in [5, 5.41) is 2.52. The monoisotopic (exact) mass is 181 g/mol. The molecular weight excluding hydrogens is 167 g/mol. The molecule has 72 valence electrons. The average Bonchev–Trinajstić information content (AvgIpc) is 1.83. The molecule has 0 bridgehead atoms. The van der Waals surface area contributed by atoms with Gasteiger partial charge in [0.2, 0.25) is 0 Å². The molecule has 0 saturated heterocycles. The third-order valence-corrected chi connectivity index (χ3v) is 2.57. The van der Waals surface area contributed by atoms with E-state index in [0.29, 0.717) is 0 Å². The van der Waals surface area contributed by atoms with E-state index in [0.717, 1.165) is 12.8 Å². The smallest absolute Gasteiger partial charge is 0.305 e. The van der Waals surface area contributed by atoms with Gasteiger partial charge in [-0.05, 0) is 18.3 Å². The highest BCUT2D eigenvalue weighted by atomic mass is 19.4. The highest BCUT2D eigenvalue weighted by molar-refractivity contribution is 4.94. The second-order valence-corrected chi connectivity index (χ2v) is 4.08. The fraction of sp³-hybridized carbons (Fsp3) is 1.00. The zero-order chi connectivity index (χ0) is 9.41. The second-order valence-electron chi connectivity index (χ2n) is 4.08. The molecule has 0 aromatic rings. The molecule has 1 unspecified atom stereocenters. The maximum absolute atomic E-state index is 11.8. The van der Waals surface area contributed by atoms with Gasteiger partial charge < -0.3 is 5.32 Å². The van der Waals surface area contributed by atoms with Gasteiger partial charge in [0, 0.05) is 6.04 Å². The summed E-state index contributed by atoms with van der Waals surface area (Å²) in [4.78, 5) is 0. The van der Waals surface area contributed by atoms with Gasteiger partial charge in [-0.15, -0.1) is 0 Å². The van der Waals surface area contributed by atoms with Crippen molar-refractivity contribution < 1.29 is 13.2 Å². The van der Waals surface area contributed by atoms with Gasteiger partial charge in [-0.1, -0.05) is 13.8 Å². The Morgan fingerprint density at radius 2 is 2.00 bits per heavy atom. The highest BCUT2D eigenvalue weighted by Gasteiger charge is 2.40. The maximum atomic E-state index is 11.8. The third kappa shape index (κ3) is 2.37. The minimum atomic E-state index is -4.08. The van der Waals surface area contributed by atoms with Crippen molar-refractivity contribution in [3.05, 3.63) is 0 Å². The lowest BCUT2D eigenvalue weighted by molar-refractivity contribution is -0.130. The summed E-state index contributed by atoms with van der Waals surface area (Å²) in [6.07, 6.45) is -2.20. The molecule has 0 aromatic heterocycles. The van der Waals surface area contributed by atoms with Crippen molar-refractivity contribution in [2.24, 2.45) is 5.41 Å². The number of rotatable bonds is 2. The molecule has 4 heteroatoms. The van der Waals surface area contributed by atoms with Crippen LogP contribution in [0.15, 0.2) is 0 Å². The molecule has 1 aliphatic carbocycles. The molecule has 0 spiro atoms. The predicted octanol–water partition coefficient (Wildman–Crippen LogP) is 2.33. The zero-order valence-corrected chi connectivity index (χ0v) is 7.33. The van der Waals surface area contributed by atoms with Crippen LogP contribution >= 0.6 is 0 Å². The number of hydrogen-bond acceptors (Lipinski definition) is 1. The number of halogens is 3. The minimum absolute atomic E-state index is 0.0409. The molecule has 1 fully saturated rings. The molecule has 1 rings (SSSR count). The fourth-order valence-electron chi connectivity index (χ4n) is 1.48. The van der Waals surface area contributed by atoms with Gasteiger partial charge in [0.1, 0.15) is 0 Å². The van der Waals surface area contributed by atoms with Gasteiger partial charge in [-0.3, -0.25) is 0 Å². The largest absolute Gasteiger partial charge is 0.401 e. The van der Waals surface area contributed by atoms with Crippen molar-refractivity contribution in [2.75, 3.05) is 6.54 Å². The van der Waals surface area contributed by atoms with E-state index >= 15 is 0 Å². The van der Waals surface area contributed by atoms with E-state index in [1.54, 1.807) is 0 Å². The van der Waals surface area contributed by atoms with Gasteiger partial charge in [0.05, 0.1) is 6.54 Å². The number of nitrogens with one attached hydrogen (secondary N) is 1. The van der Waals surface area contributed by atoms with Crippen LogP contribution in [0.3, 0.4) is 0 Å². The summed E-state index contributed by atoms with van der Waals surface area (Å²) in [5.74, 6) is 0. The second kappa shape index (κ2) is 2.91. The lowest BCUT2D eigenvalue weighted by Crippen LogP contribution is -2.52. The molecule has 1 saturated carbocycles. The van der Waals surface area contributed by atoms with Crippen molar-refractivity contribution in [1.29, 1.82) is 0 Å². The first-order valence-electron chi connectivity index (χ1n) is 4.11. The summed E-state index contributed by atoms with van der Waals surface area (Å²) in [6, 6.07) is 0.0409. The summed E-state index contributed by atoms with van der Waals surface area (Å²) in [6.45, 7) is 3.12. The van der Waals surface area contributed by atoms with E-state index < -0.39 is 12.7 Å². The van der Waals surface area contributed by atoms with Crippen LogP contribution in [0.5, 0.6) is 0 Å².